The lowest BCUT2D eigenvalue weighted by molar-refractivity contribution is -0.122. The lowest BCUT2D eigenvalue weighted by Crippen LogP contribution is -2.42. The van der Waals surface area contributed by atoms with Gasteiger partial charge in [0, 0.05) is 32.1 Å². The lowest BCUT2D eigenvalue weighted by Gasteiger charge is -2.22. The molecule has 1 saturated heterocycles. The molecule has 1 unspecified atom stereocenters. The van der Waals surface area contributed by atoms with E-state index in [0.717, 1.165) is 29.9 Å². The van der Waals surface area contributed by atoms with Crippen molar-refractivity contribution in [3.05, 3.63) is 40.7 Å². The first-order chi connectivity index (χ1) is 14.0. The summed E-state index contributed by atoms with van der Waals surface area (Å²) in [5.41, 5.74) is 11.6. The standard InChI is InChI=1S/C18H22N6O4S/c19-14-15(17(20)26)23-29-16(14)18(27)24(9-11-3-1-5-21-7-11)10-13(25)22-8-12-4-2-6-28-12/h1,3,5,7,12H,2,4,6,8-10,19H2,(H2,20,26)(H,22,25). The minimum atomic E-state index is -0.814. The monoisotopic (exact) mass is 418 g/mol. The van der Waals surface area contributed by atoms with E-state index in [1.807, 2.05) is 0 Å². The van der Waals surface area contributed by atoms with Crippen LogP contribution in [0, 0.1) is 0 Å². The van der Waals surface area contributed by atoms with Gasteiger partial charge in [-0.1, -0.05) is 6.07 Å². The van der Waals surface area contributed by atoms with Crippen LogP contribution in [0.1, 0.15) is 38.6 Å². The molecule has 1 aliphatic heterocycles. The van der Waals surface area contributed by atoms with Crippen LogP contribution in [-0.4, -0.2) is 57.8 Å². The van der Waals surface area contributed by atoms with E-state index in [4.69, 9.17) is 16.2 Å². The Bertz CT molecular complexity index is 882. The second-order valence-corrected chi connectivity index (χ2v) is 7.37. The molecule has 0 bridgehead atoms. The summed E-state index contributed by atoms with van der Waals surface area (Å²) < 4.78 is 9.35. The summed E-state index contributed by atoms with van der Waals surface area (Å²) in [4.78, 5) is 42.3. The van der Waals surface area contributed by atoms with Gasteiger partial charge in [-0.2, -0.15) is 4.37 Å². The Hall–Kier alpha value is -3.05. The van der Waals surface area contributed by atoms with Gasteiger partial charge in [0.25, 0.3) is 11.8 Å². The van der Waals surface area contributed by atoms with Crippen LogP contribution in [0.2, 0.25) is 0 Å². The third-order valence-electron chi connectivity index (χ3n) is 4.42. The number of carbonyl (C=O) groups is 3. The van der Waals surface area contributed by atoms with Crippen molar-refractivity contribution in [2.45, 2.75) is 25.5 Å². The van der Waals surface area contributed by atoms with Crippen molar-refractivity contribution in [2.75, 3.05) is 25.4 Å². The molecule has 0 spiro atoms. The molecule has 0 saturated carbocycles. The van der Waals surface area contributed by atoms with E-state index >= 15 is 0 Å². The number of nitrogens with zero attached hydrogens (tertiary/aromatic N) is 3. The number of primary amides is 1. The maximum Gasteiger partial charge on any atom is 0.270 e. The van der Waals surface area contributed by atoms with E-state index in [-0.39, 0.29) is 41.4 Å². The molecule has 0 aromatic carbocycles. The Balaban J connectivity index is 1.74. The van der Waals surface area contributed by atoms with E-state index in [1.165, 1.54) is 4.90 Å². The third kappa shape index (κ3) is 5.27. The van der Waals surface area contributed by atoms with Crippen molar-refractivity contribution in [1.82, 2.24) is 19.6 Å². The SMILES string of the molecule is NC(=O)c1nsc(C(=O)N(CC(=O)NCC2CCCO2)Cc2cccnc2)c1N. The zero-order valence-electron chi connectivity index (χ0n) is 15.7. The number of ether oxygens (including phenoxy) is 1. The Labute approximate surface area is 171 Å². The number of hydrogen-bond acceptors (Lipinski definition) is 8. The number of nitrogens with two attached hydrogens (primary N) is 2. The molecule has 3 amide bonds. The topological polar surface area (TPSA) is 154 Å². The quantitative estimate of drug-likeness (QED) is 0.551. The second-order valence-electron chi connectivity index (χ2n) is 6.60. The maximum atomic E-state index is 13.0. The normalized spacial score (nSPS) is 15.8. The molecule has 1 aliphatic rings. The van der Waals surface area contributed by atoms with E-state index in [2.05, 4.69) is 14.7 Å². The van der Waals surface area contributed by atoms with Gasteiger partial charge >= 0.3 is 0 Å². The molecule has 1 atom stereocenters. The van der Waals surface area contributed by atoms with Crippen LogP contribution in [0.3, 0.4) is 0 Å². The summed E-state index contributed by atoms with van der Waals surface area (Å²) in [6, 6.07) is 3.53. The predicted molar refractivity (Wildman–Crippen MR) is 106 cm³/mol. The van der Waals surface area contributed by atoms with Crippen molar-refractivity contribution < 1.29 is 19.1 Å². The van der Waals surface area contributed by atoms with Gasteiger partial charge in [-0.3, -0.25) is 19.4 Å². The Morgan fingerprint density at radius 1 is 1.38 bits per heavy atom. The van der Waals surface area contributed by atoms with E-state index < -0.39 is 11.8 Å². The van der Waals surface area contributed by atoms with Gasteiger partial charge in [-0.05, 0) is 36.0 Å². The number of hydrogen-bond donors (Lipinski definition) is 3. The molecule has 3 heterocycles. The summed E-state index contributed by atoms with van der Waals surface area (Å²) in [6.45, 7) is 1.04. The molecule has 0 radical (unpaired) electrons. The number of amides is 3. The fraction of sp³-hybridized carbons (Fsp3) is 0.389. The van der Waals surface area contributed by atoms with Crippen molar-refractivity contribution in [3.8, 4) is 0 Å². The minimum Gasteiger partial charge on any atom is -0.395 e. The highest BCUT2D eigenvalue weighted by Crippen LogP contribution is 2.24. The number of rotatable bonds is 8. The highest BCUT2D eigenvalue weighted by atomic mass is 32.1. The summed E-state index contributed by atoms with van der Waals surface area (Å²) in [5, 5.41) is 2.79. The molecule has 5 N–H and O–H groups in total. The summed E-state index contributed by atoms with van der Waals surface area (Å²) in [5.74, 6) is -1.65. The molecule has 11 heteroatoms. The maximum absolute atomic E-state index is 13.0. The van der Waals surface area contributed by atoms with Crippen LogP contribution >= 0.6 is 11.5 Å². The van der Waals surface area contributed by atoms with E-state index in [0.29, 0.717) is 13.2 Å². The molecule has 2 aromatic rings. The van der Waals surface area contributed by atoms with Crippen LogP contribution in [0.4, 0.5) is 5.69 Å². The van der Waals surface area contributed by atoms with Gasteiger partial charge in [-0.25, -0.2) is 0 Å². The van der Waals surface area contributed by atoms with Crippen LogP contribution < -0.4 is 16.8 Å². The van der Waals surface area contributed by atoms with E-state index in [1.54, 1.807) is 24.5 Å². The second kappa shape index (κ2) is 9.43. The number of pyridine rings is 1. The third-order valence-corrected chi connectivity index (χ3v) is 5.28. The van der Waals surface area contributed by atoms with Crippen LogP contribution in [0.25, 0.3) is 0 Å². The van der Waals surface area contributed by atoms with Gasteiger partial charge in [0.15, 0.2) is 5.69 Å². The van der Waals surface area contributed by atoms with Gasteiger partial charge in [0.05, 0.1) is 11.8 Å². The summed E-state index contributed by atoms with van der Waals surface area (Å²) in [6.07, 6.45) is 5.08. The number of nitrogens with one attached hydrogen (secondary N) is 1. The average Bonchev–Trinajstić information content (AvgIpc) is 3.35. The zero-order valence-corrected chi connectivity index (χ0v) is 16.5. The molecular weight excluding hydrogens is 396 g/mol. The summed E-state index contributed by atoms with van der Waals surface area (Å²) >= 11 is 0.778. The van der Waals surface area contributed by atoms with Crippen molar-refractivity contribution in [1.29, 1.82) is 0 Å². The fourth-order valence-electron chi connectivity index (χ4n) is 2.95. The van der Waals surface area contributed by atoms with Crippen molar-refractivity contribution in [3.63, 3.8) is 0 Å². The molecule has 10 nitrogen and oxygen atoms in total. The van der Waals surface area contributed by atoms with Crippen molar-refractivity contribution in [2.24, 2.45) is 5.73 Å². The zero-order chi connectivity index (χ0) is 20.8. The van der Waals surface area contributed by atoms with Gasteiger partial charge in [0.2, 0.25) is 5.91 Å². The van der Waals surface area contributed by atoms with Crippen LogP contribution in [-0.2, 0) is 16.1 Å². The molecule has 2 aromatic heterocycles. The molecule has 0 aliphatic carbocycles. The smallest absolute Gasteiger partial charge is 0.270 e. The largest absolute Gasteiger partial charge is 0.395 e. The number of nitrogen functional groups attached to an aromatic ring is 1. The van der Waals surface area contributed by atoms with Crippen LogP contribution in [0.15, 0.2) is 24.5 Å². The van der Waals surface area contributed by atoms with Crippen molar-refractivity contribution >= 4 is 34.9 Å². The predicted octanol–water partition coefficient (Wildman–Crippen LogP) is 0.157. The Morgan fingerprint density at radius 2 is 2.21 bits per heavy atom. The molecular formula is C18H22N6O4S. The first-order valence-corrected chi connectivity index (χ1v) is 9.84. The molecule has 154 valence electrons. The minimum absolute atomic E-state index is 0.00306. The lowest BCUT2D eigenvalue weighted by atomic mass is 10.2. The number of aromatic nitrogens is 2. The average molecular weight is 418 g/mol. The number of carbonyl (C=O) groups excluding carboxylic acids is 3. The highest BCUT2D eigenvalue weighted by molar-refractivity contribution is 7.09. The van der Waals surface area contributed by atoms with E-state index in [9.17, 15) is 14.4 Å². The first-order valence-electron chi connectivity index (χ1n) is 9.07. The molecule has 3 rings (SSSR count). The molecule has 29 heavy (non-hydrogen) atoms. The van der Waals surface area contributed by atoms with Gasteiger partial charge in [0.1, 0.15) is 11.4 Å². The summed E-state index contributed by atoms with van der Waals surface area (Å²) in [7, 11) is 0. The highest BCUT2D eigenvalue weighted by Gasteiger charge is 2.27. The Kier molecular flexibility index (Phi) is 6.73. The first kappa shape index (κ1) is 20.7. The van der Waals surface area contributed by atoms with Gasteiger partial charge < -0.3 is 26.4 Å². The Morgan fingerprint density at radius 3 is 2.83 bits per heavy atom. The fourth-order valence-corrected chi connectivity index (χ4v) is 3.72. The number of anilines is 1. The van der Waals surface area contributed by atoms with Crippen LogP contribution in [0.5, 0.6) is 0 Å². The molecule has 1 fully saturated rings. The van der Waals surface area contributed by atoms with Gasteiger partial charge in [-0.15, -0.1) is 0 Å².